The molecule has 0 N–H and O–H groups in total. The Hall–Kier alpha value is -5.00. The molecular formula is C88H146O12. The highest BCUT2D eigenvalue weighted by Crippen LogP contribution is 2.41. The molecule has 2 aromatic carbocycles. The van der Waals surface area contributed by atoms with Crippen LogP contribution >= 0.6 is 0 Å². The van der Waals surface area contributed by atoms with Gasteiger partial charge in [0.05, 0.1) is 0 Å². The van der Waals surface area contributed by atoms with Gasteiger partial charge in [0.25, 0.3) is 6.47 Å². The molecule has 0 saturated heterocycles. The first-order valence-corrected chi connectivity index (χ1v) is 42.4. The van der Waals surface area contributed by atoms with Gasteiger partial charge in [0.1, 0.15) is 22.5 Å². The molecule has 0 atom stereocenters. The highest BCUT2D eigenvalue weighted by molar-refractivity contribution is 5.91. The van der Waals surface area contributed by atoms with E-state index in [-0.39, 0.29) is 77.4 Å². The van der Waals surface area contributed by atoms with Crippen LogP contribution in [-0.2, 0) is 24.0 Å². The molecule has 0 unspecified atom stereocenters. The number of carbonyl (C=O) groups is 5. The van der Waals surface area contributed by atoms with Crippen molar-refractivity contribution in [2.45, 2.75) is 439 Å². The van der Waals surface area contributed by atoms with Gasteiger partial charge in [0, 0.05) is 43.4 Å². The maximum Gasteiger partial charge on any atom is 0.311 e. The van der Waals surface area contributed by atoms with Crippen LogP contribution in [0.2, 0.25) is 0 Å². The molecule has 12 nitrogen and oxygen atoms in total. The Bertz CT molecular complexity index is 2580. The quantitative estimate of drug-likeness (QED) is 0.0228. The van der Waals surface area contributed by atoms with E-state index < -0.39 is 35.1 Å². The summed E-state index contributed by atoms with van der Waals surface area (Å²) in [5.74, 6) is -3.03. The van der Waals surface area contributed by atoms with Gasteiger partial charge in [0.2, 0.25) is 11.2 Å². The summed E-state index contributed by atoms with van der Waals surface area (Å²) < 4.78 is 35.9. The molecule has 0 amide bonds. The molecule has 1 heterocycles. The summed E-state index contributed by atoms with van der Waals surface area (Å²) in [4.78, 5) is 81.8. The van der Waals surface area contributed by atoms with E-state index in [1.807, 2.05) is 0 Å². The molecule has 0 radical (unpaired) electrons. The lowest BCUT2D eigenvalue weighted by Crippen LogP contribution is -2.17. The Balaban J connectivity index is 1.80. The summed E-state index contributed by atoms with van der Waals surface area (Å²) in [5, 5.41) is -0.202. The number of hydrogen-bond acceptors (Lipinski definition) is 12. The van der Waals surface area contributed by atoms with Crippen molar-refractivity contribution in [1.29, 1.82) is 0 Å². The molecule has 12 heteroatoms. The molecule has 0 fully saturated rings. The average Bonchev–Trinajstić information content (AvgIpc) is 0.757. The van der Waals surface area contributed by atoms with Crippen molar-refractivity contribution in [1.82, 2.24) is 0 Å². The third-order valence-corrected chi connectivity index (χ3v) is 20.1. The number of rotatable bonds is 71. The molecule has 3 rings (SSSR count). The summed E-state index contributed by atoms with van der Waals surface area (Å²) in [6, 6.07) is 7.19. The Morgan fingerprint density at radius 3 is 0.880 bits per heavy atom. The van der Waals surface area contributed by atoms with Crippen LogP contribution in [0, 0.1) is 0 Å². The highest BCUT2D eigenvalue weighted by Gasteiger charge is 2.27. The second-order valence-electron chi connectivity index (χ2n) is 29.5. The number of hydrogen-bond donors (Lipinski definition) is 0. The Kier molecular flexibility index (Phi) is 56.8. The third-order valence-electron chi connectivity index (χ3n) is 20.1. The van der Waals surface area contributed by atoms with Gasteiger partial charge in [-0.15, -0.1) is 0 Å². The SMILES string of the molecule is CCCCCCCCCCCCCCCCCC(=O)Oc1cc(OC=O)c2c(=O)c(OC(=O)CCCCCCCCCCCCCCCCC)c(-c3ccc(OC(=O)CCCCCCCCCCCCCCCCC)c(OC(=O)CCCCCCCCCCCCCCCCC)c3)oc2c1. The van der Waals surface area contributed by atoms with Crippen LogP contribution < -0.4 is 29.1 Å². The van der Waals surface area contributed by atoms with E-state index >= 15 is 0 Å². The molecule has 0 aliphatic rings. The van der Waals surface area contributed by atoms with E-state index in [0.717, 1.165) is 83.5 Å². The Morgan fingerprint density at radius 1 is 0.310 bits per heavy atom. The number of unbranched alkanes of at least 4 members (excludes halogenated alkanes) is 56. The fourth-order valence-corrected chi connectivity index (χ4v) is 13.8. The van der Waals surface area contributed by atoms with Crippen molar-refractivity contribution in [2.24, 2.45) is 0 Å². The van der Waals surface area contributed by atoms with Gasteiger partial charge in [-0.1, -0.05) is 387 Å². The zero-order valence-corrected chi connectivity index (χ0v) is 64.6. The van der Waals surface area contributed by atoms with Crippen LogP contribution in [0.4, 0.5) is 0 Å². The number of ether oxygens (including phenoxy) is 5. The van der Waals surface area contributed by atoms with Gasteiger partial charge < -0.3 is 28.1 Å². The molecule has 0 bridgehead atoms. The van der Waals surface area contributed by atoms with Crippen LogP contribution in [0.15, 0.2) is 39.5 Å². The molecule has 0 aliphatic heterocycles. The summed E-state index contributed by atoms with van der Waals surface area (Å²) in [7, 11) is 0. The number of fused-ring (bicyclic) bond motifs is 1. The fraction of sp³-hybridized carbons (Fsp3) is 0.773. The summed E-state index contributed by atoms with van der Waals surface area (Å²) in [6.07, 6.45) is 72.3. The normalized spacial score (nSPS) is 11.4. The van der Waals surface area contributed by atoms with Crippen molar-refractivity contribution in [2.75, 3.05) is 0 Å². The molecule has 3 aromatic rings. The summed E-state index contributed by atoms with van der Waals surface area (Å²) in [6.45, 7) is 9.21. The van der Waals surface area contributed by atoms with E-state index in [4.69, 9.17) is 28.1 Å². The van der Waals surface area contributed by atoms with Crippen LogP contribution in [0.5, 0.6) is 28.7 Å². The van der Waals surface area contributed by atoms with Gasteiger partial charge in [-0.25, -0.2) is 0 Å². The van der Waals surface area contributed by atoms with Crippen molar-refractivity contribution in [3.8, 4) is 40.1 Å². The first kappa shape index (κ1) is 89.2. The molecule has 100 heavy (non-hydrogen) atoms. The number of esters is 4. The van der Waals surface area contributed by atoms with Crippen molar-refractivity contribution in [3.63, 3.8) is 0 Å². The van der Waals surface area contributed by atoms with Crippen molar-refractivity contribution in [3.05, 3.63) is 40.6 Å². The van der Waals surface area contributed by atoms with E-state index in [1.54, 1.807) is 6.07 Å². The molecule has 570 valence electrons. The maximum absolute atomic E-state index is 14.9. The fourth-order valence-electron chi connectivity index (χ4n) is 13.8. The predicted molar refractivity (Wildman–Crippen MR) is 415 cm³/mol. The molecular weight excluding hydrogens is 1250 g/mol. The molecule has 0 saturated carbocycles. The Morgan fingerprint density at radius 2 is 0.580 bits per heavy atom. The first-order valence-electron chi connectivity index (χ1n) is 42.4. The number of carbonyl (C=O) groups excluding carboxylic acids is 5. The largest absolute Gasteiger partial charge is 0.452 e. The molecule has 1 aromatic heterocycles. The lowest BCUT2D eigenvalue weighted by atomic mass is 10.0. The van der Waals surface area contributed by atoms with E-state index in [0.29, 0.717) is 25.7 Å². The molecule has 0 spiro atoms. The predicted octanol–water partition coefficient (Wildman–Crippen LogP) is 27.7. The van der Waals surface area contributed by atoms with Crippen LogP contribution in [0.1, 0.15) is 439 Å². The van der Waals surface area contributed by atoms with Gasteiger partial charge in [-0.2, -0.15) is 0 Å². The Labute approximate surface area is 609 Å². The van der Waals surface area contributed by atoms with Gasteiger partial charge in [-0.3, -0.25) is 28.8 Å². The van der Waals surface area contributed by atoms with Crippen molar-refractivity contribution >= 4 is 41.3 Å². The average molecular weight is 1400 g/mol. The minimum absolute atomic E-state index is 0.00733. The third kappa shape index (κ3) is 45.9. The zero-order chi connectivity index (χ0) is 71.8. The van der Waals surface area contributed by atoms with Crippen LogP contribution in [0.3, 0.4) is 0 Å². The maximum atomic E-state index is 14.9. The summed E-state index contributed by atoms with van der Waals surface area (Å²) in [5.41, 5.74) is -0.736. The lowest BCUT2D eigenvalue weighted by Gasteiger charge is -2.15. The van der Waals surface area contributed by atoms with Gasteiger partial charge in [0.15, 0.2) is 17.3 Å². The second kappa shape index (κ2) is 63.7. The number of benzene rings is 2. The zero-order valence-electron chi connectivity index (χ0n) is 64.6. The topological polar surface area (TPSA) is 162 Å². The first-order chi connectivity index (χ1) is 49.1. The monoisotopic (exact) mass is 1400 g/mol. The summed E-state index contributed by atoms with van der Waals surface area (Å²) >= 11 is 0. The standard InChI is InChI=1S/C88H146O12/c1-5-9-13-17-21-25-29-33-37-41-45-49-53-57-61-65-81(90)96-76-72-79(95-74-89)85-80(73-76)99-87(88(86(85)94)100-84(93)68-64-60-56-52-48-44-40-36-32-28-24-20-16-12-8-4)75-69-70-77(97-82(91)66-62-58-54-50-46-42-38-34-30-26-22-18-14-10-6-2)78(71-75)98-83(92)67-63-59-55-51-47-43-39-35-31-27-23-19-15-11-7-3/h69-74H,5-68H2,1-4H3. The van der Waals surface area contributed by atoms with Crippen LogP contribution in [0.25, 0.3) is 22.3 Å². The minimum atomic E-state index is -0.806. The van der Waals surface area contributed by atoms with E-state index in [2.05, 4.69) is 27.7 Å². The van der Waals surface area contributed by atoms with Crippen molar-refractivity contribution < 1.29 is 52.1 Å². The smallest absolute Gasteiger partial charge is 0.311 e. The second-order valence-corrected chi connectivity index (χ2v) is 29.5. The lowest BCUT2D eigenvalue weighted by molar-refractivity contribution is -0.137. The van der Waals surface area contributed by atoms with Gasteiger partial charge in [-0.05, 0) is 43.9 Å². The highest BCUT2D eigenvalue weighted by atomic mass is 16.6. The van der Waals surface area contributed by atoms with Gasteiger partial charge >= 0.3 is 23.9 Å². The molecule has 0 aliphatic carbocycles. The van der Waals surface area contributed by atoms with E-state index in [1.165, 1.54) is 300 Å². The van der Waals surface area contributed by atoms with Crippen LogP contribution in [-0.4, -0.2) is 30.3 Å². The minimum Gasteiger partial charge on any atom is -0.452 e. The van der Waals surface area contributed by atoms with E-state index in [9.17, 15) is 28.8 Å².